The number of aliphatic hydroxyl groups is 1. The summed E-state index contributed by atoms with van der Waals surface area (Å²) < 4.78 is 10.0. The maximum absolute atomic E-state index is 12.1. The molecule has 3 aromatic rings. The Morgan fingerprint density at radius 3 is 2.70 bits per heavy atom. The number of nitrogens with one attached hydrogen (secondary N) is 1. The Labute approximate surface area is 152 Å². The normalized spacial score (nSPS) is 11.4. The van der Waals surface area contributed by atoms with Gasteiger partial charge in [-0.05, 0) is 5.56 Å². The molecule has 0 radical (unpaired) electrons. The van der Waals surface area contributed by atoms with E-state index in [-0.39, 0.29) is 35.3 Å². The van der Waals surface area contributed by atoms with E-state index in [2.05, 4.69) is 24.7 Å². The minimum atomic E-state index is -1.01. The molecular weight excluding hydrogens is 354 g/mol. The number of nitrogen functional groups attached to an aromatic ring is 1. The minimum absolute atomic E-state index is 0.0461. The van der Waals surface area contributed by atoms with Gasteiger partial charge >= 0.3 is 5.97 Å². The number of aromatic amines is 1. The van der Waals surface area contributed by atoms with Crippen molar-refractivity contribution in [2.75, 3.05) is 12.8 Å². The van der Waals surface area contributed by atoms with E-state index in [0.29, 0.717) is 0 Å². The molecule has 0 aliphatic heterocycles. The molecule has 0 unspecified atom stereocenters. The van der Waals surface area contributed by atoms with Crippen molar-refractivity contribution < 1.29 is 19.4 Å². The Morgan fingerprint density at radius 2 is 2.00 bits per heavy atom. The van der Waals surface area contributed by atoms with Crippen LogP contribution in [0.1, 0.15) is 11.3 Å². The molecule has 2 heterocycles. The minimum Gasteiger partial charge on any atom is -0.502 e. The maximum atomic E-state index is 12.1. The van der Waals surface area contributed by atoms with E-state index < -0.39 is 17.3 Å². The molecule has 0 saturated heterocycles. The quantitative estimate of drug-likeness (QED) is 0.339. The molecule has 0 atom stereocenters. The molecule has 0 fully saturated rings. The summed E-state index contributed by atoms with van der Waals surface area (Å²) in [6.45, 7) is 0.186. The van der Waals surface area contributed by atoms with Gasteiger partial charge in [0.05, 0.1) is 7.11 Å². The lowest BCUT2D eigenvalue weighted by Gasteiger charge is -2.08. The van der Waals surface area contributed by atoms with Gasteiger partial charge in [0, 0.05) is 6.08 Å². The maximum Gasteiger partial charge on any atom is 0.373 e. The van der Waals surface area contributed by atoms with E-state index in [9.17, 15) is 14.7 Å². The van der Waals surface area contributed by atoms with Crippen LogP contribution in [-0.2, 0) is 16.1 Å². The molecule has 3 rings (SSSR count). The number of nitrogens with two attached hydrogens (primary N) is 1. The topological polar surface area (TPSA) is 153 Å². The fourth-order valence-electron chi connectivity index (χ4n) is 2.20. The average Bonchev–Trinajstić information content (AvgIpc) is 2.67. The molecule has 0 bridgehead atoms. The number of ether oxygens (including phenoxy) is 2. The highest BCUT2D eigenvalue weighted by Crippen LogP contribution is 2.20. The van der Waals surface area contributed by atoms with Crippen molar-refractivity contribution in [3.05, 3.63) is 57.7 Å². The number of methoxy groups -OCH3 is 1. The predicted octanol–water partition coefficient (Wildman–Crippen LogP) is 0.946. The van der Waals surface area contributed by atoms with E-state index in [4.69, 9.17) is 10.5 Å². The van der Waals surface area contributed by atoms with Crippen LogP contribution in [0.2, 0.25) is 0 Å². The third kappa shape index (κ3) is 4.00. The van der Waals surface area contributed by atoms with Gasteiger partial charge in [0.25, 0.3) is 5.56 Å². The van der Waals surface area contributed by atoms with Gasteiger partial charge in [-0.15, -0.1) is 0 Å². The molecule has 4 N–H and O–H groups in total. The van der Waals surface area contributed by atoms with Gasteiger partial charge in [0.15, 0.2) is 11.2 Å². The number of aromatic nitrogens is 4. The summed E-state index contributed by atoms with van der Waals surface area (Å²) in [7, 11) is 1.09. The molecule has 0 aliphatic rings. The Bertz CT molecular complexity index is 1080. The van der Waals surface area contributed by atoms with Crippen molar-refractivity contribution in [3.63, 3.8) is 0 Å². The van der Waals surface area contributed by atoms with Crippen molar-refractivity contribution in [3.8, 4) is 5.88 Å². The van der Waals surface area contributed by atoms with Gasteiger partial charge in [-0.3, -0.25) is 4.79 Å². The Kier molecular flexibility index (Phi) is 4.97. The highest BCUT2D eigenvalue weighted by atomic mass is 16.5. The average molecular weight is 369 g/mol. The molecule has 10 heteroatoms. The fraction of sp³-hybridized carbons (Fsp3) is 0.118. The number of benzene rings is 1. The molecule has 10 nitrogen and oxygen atoms in total. The summed E-state index contributed by atoms with van der Waals surface area (Å²) in [5, 5.41) is 9.64. The molecule has 27 heavy (non-hydrogen) atoms. The van der Waals surface area contributed by atoms with E-state index in [1.807, 2.05) is 30.3 Å². The lowest BCUT2D eigenvalue weighted by atomic mass is 10.2. The first-order valence-electron chi connectivity index (χ1n) is 7.71. The smallest absolute Gasteiger partial charge is 0.373 e. The molecule has 0 saturated carbocycles. The Balaban J connectivity index is 2.04. The number of fused-ring (bicyclic) bond motifs is 1. The number of carbonyl (C=O) groups excluding carboxylic acids is 1. The molecule has 138 valence electrons. The number of rotatable bonds is 5. The molecule has 1 aromatic carbocycles. The number of H-pyrrole nitrogens is 1. The zero-order valence-electron chi connectivity index (χ0n) is 14.2. The van der Waals surface area contributed by atoms with Crippen molar-refractivity contribution in [2.24, 2.45) is 0 Å². The van der Waals surface area contributed by atoms with Crippen molar-refractivity contribution >= 4 is 29.2 Å². The van der Waals surface area contributed by atoms with Gasteiger partial charge in [-0.2, -0.15) is 9.97 Å². The molecule has 2 aromatic heterocycles. The standard InChI is InChI=1S/C17H15N5O5/c1-26-16(25)11(23)7-10-14(24)20-13-12(19-10)15(22-17(18)21-13)27-8-9-5-3-2-4-6-9/h2-7,23H,8H2,1H3,(H3,18,20,21,22,24)/b11-7-. The van der Waals surface area contributed by atoms with Crippen molar-refractivity contribution in [1.29, 1.82) is 0 Å². The second-order valence-electron chi connectivity index (χ2n) is 5.33. The zero-order chi connectivity index (χ0) is 19.4. The number of hydrogen-bond acceptors (Lipinski definition) is 9. The lowest BCUT2D eigenvalue weighted by Crippen LogP contribution is -2.16. The third-order valence-corrected chi connectivity index (χ3v) is 3.45. The van der Waals surface area contributed by atoms with Crippen LogP contribution in [0.4, 0.5) is 5.95 Å². The van der Waals surface area contributed by atoms with Gasteiger partial charge in [0.1, 0.15) is 12.3 Å². The number of anilines is 1. The number of aliphatic hydroxyl groups excluding tert-OH is 1. The first kappa shape index (κ1) is 17.9. The Morgan fingerprint density at radius 1 is 1.26 bits per heavy atom. The van der Waals surface area contributed by atoms with Crippen LogP contribution in [0.3, 0.4) is 0 Å². The Hall–Kier alpha value is -3.95. The predicted molar refractivity (Wildman–Crippen MR) is 95.8 cm³/mol. The number of hydrogen-bond donors (Lipinski definition) is 3. The first-order chi connectivity index (χ1) is 13.0. The first-order valence-corrected chi connectivity index (χ1v) is 7.71. The van der Waals surface area contributed by atoms with Gasteiger partial charge in [-0.25, -0.2) is 9.78 Å². The van der Waals surface area contributed by atoms with Crippen LogP contribution in [0.5, 0.6) is 5.88 Å². The molecular formula is C17H15N5O5. The van der Waals surface area contributed by atoms with Crippen molar-refractivity contribution in [2.45, 2.75) is 6.61 Å². The SMILES string of the molecule is COC(=O)/C(O)=C/c1nc2c(OCc3ccccc3)nc(N)nc2[nH]c1=O. The highest BCUT2D eigenvalue weighted by Gasteiger charge is 2.15. The molecule has 0 amide bonds. The largest absolute Gasteiger partial charge is 0.502 e. The summed E-state index contributed by atoms with van der Waals surface area (Å²) in [4.78, 5) is 37.9. The van der Waals surface area contributed by atoms with Crippen LogP contribution in [-0.4, -0.2) is 38.1 Å². The monoisotopic (exact) mass is 369 g/mol. The number of nitrogens with zero attached hydrogens (tertiary/aromatic N) is 3. The molecule has 0 spiro atoms. The second-order valence-corrected chi connectivity index (χ2v) is 5.33. The summed E-state index contributed by atoms with van der Waals surface area (Å²) in [5.41, 5.74) is 5.78. The van der Waals surface area contributed by atoms with Crippen molar-refractivity contribution in [1.82, 2.24) is 19.9 Å². The van der Waals surface area contributed by atoms with Crippen LogP contribution in [0.25, 0.3) is 17.2 Å². The summed E-state index contributed by atoms with van der Waals surface area (Å²) in [6.07, 6.45) is 0.876. The van der Waals surface area contributed by atoms with E-state index in [1.165, 1.54) is 0 Å². The zero-order valence-corrected chi connectivity index (χ0v) is 14.2. The highest BCUT2D eigenvalue weighted by molar-refractivity contribution is 5.90. The second kappa shape index (κ2) is 7.52. The van der Waals surface area contributed by atoms with E-state index in [0.717, 1.165) is 18.7 Å². The van der Waals surface area contributed by atoms with Gasteiger partial charge in [0.2, 0.25) is 17.6 Å². The summed E-state index contributed by atoms with van der Waals surface area (Å²) in [6, 6.07) is 9.33. The van der Waals surface area contributed by atoms with E-state index in [1.54, 1.807) is 0 Å². The van der Waals surface area contributed by atoms with Crippen LogP contribution >= 0.6 is 0 Å². The third-order valence-electron chi connectivity index (χ3n) is 3.45. The van der Waals surface area contributed by atoms with Crippen LogP contribution < -0.4 is 16.0 Å². The lowest BCUT2D eigenvalue weighted by molar-refractivity contribution is -0.138. The summed E-state index contributed by atoms with van der Waals surface area (Å²) >= 11 is 0. The van der Waals surface area contributed by atoms with Crippen LogP contribution in [0, 0.1) is 0 Å². The fourth-order valence-corrected chi connectivity index (χ4v) is 2.20. The number of esters is 1. The van der Waals surface area contributed by atoms with Gasteiger partial charge < -0.3 is 25.3 Å². The van der Waals surface area contributed by atoms with Gasteiger partial charge in [-0.1, -0.05) is 30.3 Å². The van der Waals surface area contributed by atoms with Crippen LogP contribution in [0.15, 0.2) is 40.9 Å². The number of carbonyl (C=O) groups is 1. The summed E-state index contributed by atoms with van der Waals surface area (Å²) in [5.74, 6) is -1.85. The van der Waals surface area contributed by atoms with E-state index >= 15 is 0 Å². The molecule has 0 aliphatic carbocycles.